The van der Waals surface area contributed by atoms with E-state index < -0.39 is 0 Å². The molecule has 1 aliphatic heterocycles. The number of likely N-dealkylation sites (N-methyl/N-ethyl adjacent to an activating group) is 2. The number of likely N-dealkylation sites (tertiary alicyclic amines) is 1. The molecule has 3 aromatic carbocycles. The van der Waals surface area contributed by atoms with Gasteiger partial charge in [-0.1, -0.05) is 59.6 Å². The summed E-state index contributed by atoms with van der Waals surface area (Å²) < 4.78 is 0. The number of nitrogens with zero attached hydrogens (tertiary/aromatic N) is 4. The maximum atomic E-state index is 13.5. The van der Waals surface area contributed by atoms with Crippen molar-refractivity contribution in [2.75, 3.05) is 59.3 Å². The maximum Gasteiger partial charge on any atom is 0.253 e. The third-order valence-corrected chi connectivity index (χ3v) is 8.11. The quantitative estimate of drug-likeness (QED) is 0.314. The number of benzene rings is 3. The molecule has 1 aliphatic rings. The first-order valence-electron chi connectivity index (χ1n) is 13.2. The van der Waals surface area contributed by atoms with Crippen molar-refractivity contribution in [3.63, 3.8) is 0 Å². The molecular formula is C31H36Cl2N4O2. The number of anilines is 1. The number of hydrogen-bond acceptors (Lipinski definition) is 4. The minimum absolute atomic E-state index is 0.0147. The monoisotopic (exact) mass is 566 g/mol. The highest BCUT2D eigenvalue weighted by Crippen LogP contribution is 2.29. The van der Waals surface area contributed by atoms with E-state index in [0.717, 1.165) is 42.0 Å². The van der Waals surface area contributed by atoms with E-state index in [9.17, 15) is 9.59 Å². The van der Waals surface area contributed by atoms with Gasteiger partial charge in [-0.3, -0.25) is 9.59 Å². The summed E-state index contributed by atoms with van der Waals surface area (Å²) in [6.45, 7) is 3.12. The van der Waals surface area contributed by atoms with E-state index in [4.69, 9.17) is 23.2 Å². The summed E-state index contributed by atoms with van der Waals surface area (Å²) in [5.74, 6) is 0.0113. The summed E-state index contributed by atoms with van der Waals surface area (Å²) in [6.07, 6.45) is 2.38. The molecule has 1 heterocycles. The van der Waals surface area contributed by atoms with Crippen LogP contribution in [0.2, 0.25) is 10.0 Å². The van der Waals surface area contributed by atoms with Crippen molar-refractivity contribution in [2.45, 2.75) is 18.9 Å². The van der Waals surface area contributed by atoms with Crippen LogP contribution in [-0.4, -0.2) is 80.9 Å². The zero-order valence-corrected chi connectivity index (χ0v) is 24.5. The number of carbonyl (C=O) groups is 2. The van der Waals surface area contributed by atoms with Gasteiger partial charge in [0, 0.05) is 46.0 Å². The molecule has 39 heavy (non-hydrogen) atoms. The third-order valence-electron chi connectivity index (χ3n) is 7.37. The first-order valence-corrected chi connectivity index (χ1v) is 14.0. The topological polar surface area (TPSA) is 47.1 Å². The van der Waals surface area contributed by atoms with Crippen LogP contribution in [0, 0.1) is 0 Å². The molecule has 0 spiro atoms. The van der Waals surface area contributed by atoms with Crippen LogP contribution in [0.1, 0.15) is 34.8 Å². The number of halogens is 2. The van der Waals surface area contributed by atoms with Gasteiger partial charge in [0.05, 0.1) is 22.6 Å². The molecule has 1 fully saturated rings. The van der Waals surface area contributed by atoms with E-state index in [1.165, 1.54) is 12.8 Å². The number of carbonyl (C=O) groups excluding carboxylic acids is 2. The molecule has 2 amide bonds. The average Bonchev–Trinajstić information content (AvgIpc) is 3.46. The average molecular weight is 568 g/mol. The molecule has 1 saturated heterocycles. The molecule has 1 atom stereocenters. The second kappa shape index (κ2) is 12.9. The smallest absolute Gasteiger partial charge is 0.253 e. The fraction of sp³-hybridized carbons (Fsp3) is 0.355. The summed E-state index contributed by atoms with van der Waals surface area (Å²) in [5.41, 5.74) is 4.71. The van der Waals surface area contributed by atoms with Crippen LogP contribution in [0.25, 0.3) is 11.1 Å². The Morgan fingerprint density at radius 2 is 1.41 bits per heavy atom. The minimum atomic E-state index is -0.0769. The van der Waals surface area contributed by atoms with Gasteiger partial charge in [-0.15, -0.1) is 0 Å². The molecule has 8 heteroatoms. The van der Waals surface area contributed by atoms with E-state index in [1.54, 1.807) is 31.1 Å². The van der Waals surface area contributed by atoms with Crippen LogP contribution < -0.4 is 4.90 Å². The van der Waals surface area contributed by atoms with Gasteiger partial charge in [-0.05, 0) is 73.0 Å². The standard InChI is InChI=1S/C31H36Cl2N4O2/c1-34(2)31(39)25-13-9-23(10-14-25)22-7-11-24(12-8-22)29(20-37-17-5-6-18-37)36(4)30(38)21-35(3)26-15-16-27(32)28(33)19-26/h7-16,19,29H,5-6,17-18,20-21H2,1-4H3. The molecule has 206 valence electrons. The largest absolute Gasteiger partial charge is 0.365 e. The van der Waals surface area contributed by atoms with E-state index in [0.29, 0.717) is 15.6 Å². The second-order valence-corrected chi connectivity index (χ2v) is 11.2. The Morgan fingerprint density at radius 1 is 0.821 bits per heavy atom. The van der Waals surface area contributed by atoms with Crippen LogP contribution in [0.4, 0.5) is 5.69 Å². The molecule has 4 rings (SSSR count). The lowest BCUT2D eigenvalue weighted by Gasteiger charge is -2.33. The molecule has 0 N–H and O–H groups in total. The lowest BCUT2D eigenvalue weighted by molar-refractivity contribution is -0.131. The lowest BCUT2D eigenvalue weighted by Crippen LogP contribution is -2.42. The first kappa shape index (κ1) is 28.9. The Labute approximate surface area is 241 Å². The Morgan fingerprint density at radius 3 is 1.97 bits per heavy atom. The van der Waals surface area contributed by atoms with E-state index in [-0.39, 0.29) is 24.4 Å². The van der Waals surface area contributed by atoms with Gasteiger partial charge in [0.2, 0.25) is 5.91 Å². The highest BCUT2D eigenvalue weighted by Gasteiger charge is 2.26. The molecular weight excluding hydrogens is 531 g/mol. The van der Waals surface area contributed by atoms with Gasteiger partial charge in [0.1, 0.15) is 0 Å². The normalized spacial score (nSPS) is 14.2. The highest BCUT2D eigenvalue weighted by molar-refractivity contribution is 6.42. The van der Waals surface area contributed by atoms with Crippen LogP contribution in [0.3, 0.4) is 0 Å². The highest BCUT2D eigenvalue weighted by atomic mass is 35.5. The zero-order valence-electron chi connectivity index (χ0n) is 23.0. The third kappa shape index (κ3) is 7.13. The van der Waals surface area contributed by atoms with E-state index in [2.05, 4.69) is 29.2 Å². The van der Waals surface area contributed by atoms with Crippen molar-refractivity contribution in [1.82, 2.24) is 14.7 Å². The molecule has 1 unspecified atom stereocenters. The van der Waals surface area contributed by atoms with Gasteiger partial charge < -0.3 is 19.6 Å². The minimum Gasteiger partial charge on any atom is -0.365 e. The summed E-state index contributed by atoms with van der Waals surface area (Å²) >= 11 is 12.3. The Balaban J connectivity index is 1.51. The van der Waals surface area contributed by atoms with Gasteiger partial charge in [-0.25, -0.2) is 0 Å². The predicted molar refractivity (Wildman–Crippen MR) is 161 cm³/mol. The van der Waals surface area contributed by atoms with Crippen molar-refractivity contribution in [3.8, 4) is 11.1 Å². The van der Waals surface area contributed by atoms with Crippen LogP contribution >= 0.6 is 23.2 Å². The van der Waals surface area contributed by atoms with Gasteiger partial charge in [0.15, 0.2) is 0 Å². The van der Waals surface area contributed by atoms with Crippen molar-refractivity contribution in [1.29, 1.82) is 0 Å². The zero-order chi connectivity index (χ0) is 28.1. The fourth-order valence-corrected chi connectivity index (χ4v) is 5.22. The molecule has 0 radical (unpaired) electrons. The molecule has 0 saturated carbocycles. The maximum absolute atomic E-state index is 13.5. The van der Waals surface area contributed by atoms with E-state index in [1.807, 2.05) is 54.2 Å². The molecule has 3 aromatic rings. The SMILES string of the molecule is CN(C)C(=O)c1ccc(-c2ccc(C(CN3CCCC3)N(C)C(=O)CN(C)c3ccc(Cl)c(Cl)c3)cc2)cc1. The summed E-state index contributed by atoms with van der Waals surface area (Å²) in [7, 11) is 7.27. The van der Waals surface area contributed by atoms with Crippen LogP contribution in [-0.2, 0) is 4.79 Å². The van der Waals surface area contributed by atoms with Crippen LogP contribution in [0.15, 0.2) is 66.7 Å². The predicted octanol–water partition coefficient (Wildman–Crippen LogP) is 6.09. The Kier molecular flexibility index (Phi) is 9.54. The molecule has 0 aliphatic carbocycles. The van der Waals surface area contributed by atoms with Crippen molar-refractivity contribution in [3.05, 3.63) is 87.9 Å². The van der Waals surface area contributed by atoms with Crippen LogP contribution in [0.5, 0.6) is 0 Å². The second-order valence-electron chi connectivity index (χ2n) is 10.4. The Bertz CT molecular complexity index is 1290. The Hall–Kier alpha value is -3.06. The number of amides is 2. The summed E-state index contributed by atoms with van der Waals surface area (Å²) in [4.78, 5) is 33.5. The summed E-state index contributed by atoms with van der Waals surface area (Å²) in [6, 6.07) is 21.4. The molecule has 6 nitrogen and oxygen atoms in total. The van der Waals surface area contributed by atoms with Gasteiger partial charge in [0.25, 0.3) is 5.91 Å². The molecule has 0 bridgehead atoms. The number of rotatable bonds is 9. The van der Waals surface area contributed by atoms with Crippen molar-refractivity contribution < 1.29 is 9.59 Å². The van der Waals surface area contributed by atoms with Gasteiger partial charge >= 0.3 is 0 Å². The fourth-order valence-electron chi connectivity index (χ4n) is 4.92. The molecule has 0 aromatic heterocycles. The first-order chi connectivity index (χ1) is 18.6. The lowest BCUT2D eigenvalue weighted by atomic mass is 9.98. The summed E-state index contributed by atoms with van der Waals surface area (Å²) in [5, 5.41) is 0.956. The number of hydrogen-bond donors (Lipinski definition) is 0. The van der Waals surface area contributed by atoms with Crippen molar-refractivity contribution >= 4 is 40.7 Å². The van der Waals surface area contributed by atoms with E-state index >= 15 is 0 Å². The van der Waals surface area contributed by atoms with Gasteiger partial charge in [-0.2, -0.15) is 0 Å². The van der Waals surface area contributed by atoms with Crippen molar-refractivity contribution in [2.24, 2.45) is 0 Å².